The first-order valence-electron chi connectivity index (χ1n) is 20.5. The van der Waals surface area contributed by atoms with E-state index in [0.29, 0.717) is 40.5 Å². The highest BCUT2D eigenvalue weighted by Crippen LogP contribution is 2.39. The fourth-order valence-corrected chi connectivity index (χ4v) is 8.99. The van der Waals surface area contributed by atoms with Gasteiger partial charge in [0, 0.05) is 53.6 Å². The number of hydrogen-bond donors (Lipinski definition) is 0. The van der Waals surface area contributed by atoms with Gasteiger partial charge in [-0.05, 0) is 58.7 Å². The lowest BCUT2D eigenvalue weighted by Crippen LogP contribution is -2.02. The van der Waals surface area contributed by atoms with Crippen LogP contribution in [-0.2, 0) is 0 Å². The molecule has 8 heteroatoms. The monoisotopic (exact) mass is 823 g/mol. The van der Waals surface area contributed by atoms with Crippen LogP contribution in [0.3, 0.4) is 0 Å². The zero-order valence-electron chi connectivity index (χ0n) is 33.6. The minimum Gasteiger partial charge on any atom is -0.208 e. The number of benzene rings is 8. The molecule has 0 radical (unpaired) electrons. The van der Waals surface area contributed by atoms with Gasteiger partial charge in [0.15, 0.2) is 34.9 Å². The Hall–Kier alpha value is -8.51. The molecule has 7 nitrogen and oxygen atoms in total. The average molecular weight is 824 g/mol. The van der Waals surface area contributed by atoms with Crippen LogP contribution >= 0.6 is 11.3 Å². The number of aromatic nitrogens is 6. The molecule has 0 aliphatic carbocycles. The molecule has 63 heavy (non-hydrogen) atoms. The molecule has 11 aromatic rings. The van der Waals surface area contributed by atoms with E-state index in [-0.39, 0.29) is 0 Å². The van der Waals surface area contributed by atoms with Crippen LogP contribution in [0.4, 0.5) is 0 Å². The molecule has 0 aliphatic rings. The average Bonchev–Trinajstić information content (AvgIpc) is 3.74. The highest BCUT2D eigenvalue weighted by molar-refractivity contribution is 7.25. The fourth-order valence-electron chi connectivity index (χ4n) is 7.81. The van der Waals surface area contributed by atoms with Gasteiger partial charge in [0.25, 0.3) is 0 Å². The summed E-state index contributed by atoms with van der Waals surface area (Å²) in [5, 5.41) is 11.9. The maximum Gasteiger partial charge on any atom is 0.164 e. The summed E-state index contributed by atoms with van der Waals surface area (Å²) in [7, 11) is 0. The van der Waals surface area contributed by atoms with Crippen LogP contribution < -0.4 is 0 Å². The van der Waals surface area contributed by atoms with Crippen molar-refractivity contribution in [2.75, 3.05) is 0 Å². The molecule has 3 heterocycles. The Bertz CT molecular complexity index is 3440. The smallest absolute Gasteiger partial charge is 0.164 e. The zero-order valence-corrected chi connectivity index (χ0v) is 34.4. The molecule has 11 rings (SSSR count). The first-order valence-corrected chi connectivity index (χ1v) is 21.3. The Morgan fingerprint density at radius 2 is 0.619 bits per heavy atom. The summed E-state index contributed by atoms with van der Waals surface area (Å²) in [6.07, 6.45) is 0. The number of rotatable bonds is 8. The number of nitriles is 1. The number of fused-ring (bicyclic) bond motifs is 3. The third-order valence-corrected chi connectivity index (χ3v) is 12.1. The molecule has 0 amide bonds. The van der Waals surface area contributed by atoms with Crippen molar-refractivity contribution in [3.05, 3.63) is 206 Å². The second-order valence-electron chi connectivity index (χ2n) is 15.1. The normalized spacial score (nSPS) is 11.2. The Morgan fingerprint density at radius 1 is 0.286 bits per heavy atom. The summed E-state index contributed by atoms with van der Waals surface area (Å²) in [5.41, 5.74) is 9.93. The molecule has 294 valence electrons. The van der Waals surface area contributed by atoms with E-state index in [0.717, 1.165) is 75.8 Å². The first-order chi connectivity index (χ1) is 31.1. The van der Waals surface area contributed by atoms with Gasteiger partial charge in [0.2, 0.25) is 0 Å². The van der Waals surface area contributed by atoms with E-state index in [1.807, 2.05) is 127 Å². The maximum atomic E-state index is 9.61. The summed E-state index contributed by atoms with van der Waals surface area (Å²) in [4.78, 5) is 30.6. The van der Waals surface area contributed by atoms with Gasteiger partial charge in [-0.25, -0.2) is 29.9 Å². The maximum absolute atomic E-state index is 9.61. The Labute approximate surface area is 367 Å². The molecule has 0 atom stereocenters. The van der Waals surface area contributed by atoms with Crippen LogP contribution in [-0.4, -0.2) is 29.9 Å². The van der Waals surface area contributed by atoms with Crippen LogP contribution in [0.15, 0.2) is 200 Å². The summed E-state index contributed by atoms with van der Waals surface area (Å²) >= 11 is 1.68. The molecule has 0 bridgehead atoms. The largest absolute Gasteiger partial charge is 0.208 e. The van der Waals surface area contributed by atoms with Crippen LogP contribution in [0.25, 0.3) is 111 Å². The lowest BCUT2D eigenvalue weighted by Gasteiger charge is -2.13. The molecule has 0 saturated carbocycles. The minimum atomic E-state index is 0.515. The van der Waals surface area contributed by atoms with Crippen molar-refractivity contribution in [2.24, 2.45) is 0 Å². The van der Waals surface area contributed by atoms with E-state index in [1.54, 1.807) is 11.3 Å². The number of thiophene rings is 1. The third kappa shape index (κ3) is 7.50. The minimum absolute atomic E-state index is 0.515. The molecule has 3 aromatic heterocycles. The van der Waals surface area contributed by atoms with Gasteiger partial charge >= 0.3 is 0 Å². The topological polar surface area (TPSA) is 101 Å². The standard InChI is InChI=1S/C55H33N7S/c56-34-35-21-27-46-47-28-26-42(33-49(47)63-48(46)29-35)43-30-44(54-59-50(38-15-7-2-8-16-38)57-51(60-54)39-17-9-3-10-18-39)32-45(31-43)55-61-52(40-19-11-4-12-20-40)58-53(62-55)41-24-22-37(23-25-41)36-13-5-1-6-14-36/h1-33H. The fraction of sp³-hybridized carbons (Fsp3) is 0. The Kier molecular flexibility index (Phi) is 9.62. The molecule has 0 fully saturated rings. The van der Waals surface area contributed by atoms with Crippen molar-refractivity contribution in [1.82, 2.24) is 29.9 Å². The zero-order chi connectivity index (χ0) is 42.1. The van der Waals surface area contributed by atoms with E-state index in [4.69, 9.17) is 29.9 Å². The van der Waals surface area contributed by atoms with Crippen LogP contribution in [0.5, 0.6) is 0 Å². The van der Waals surface area contributed by atoms with Crippen molar-refractivity contribution in [3.63, 3.8) is 0 Å². The summed E-state index contributed by atoms with van der Waals surface area (Å²) in [6.45, 7) is 0. The third-order valence-electron chi connectivity index (χ3n) is 11.0. The second-order valence-corrected chi connectivity index (χ2v) is 16.2. The number of nitrogens with zero attached hydrogens (tertiary/aromatic N) is 7. The molecule has 0 N–H and O–H groups in total. The quantitative estimate of drug-likeness (QED) is 0.150. The molecule has 8 aromatic carbocycles. The van der Waals surface area contributed by atoms with Gasteiger partial charge in [-0.1, -0.05) is 164 Å². The van der Waals surface area contributed by atoms with Crippen molar-refractivity contribution in [3.8, 4) is 96.7 Å². The van der Waals surface area contributed by atoms with Crippen LogP contribution in [0.1, 0.15) is 5.56 Å². The Balaban J connectivity index is 1.12. The second kappa shape index (κ2) is 16.2. The highest BCUT2D eigenvalue weighted by atomic mass is 32.1. The molecule has 0 unspecified atom stereocenters. The van der Waals surface area contributed by atoms with Crippen LogP contribution in [0, 0.1) is 11.3 Å². The van der Waals surface area contributed by atoms with Gasteiger partial charge in [-0.15, -0.1) is 11.3 Å². The van der Waals surface area contributed by atoms with E-state index in [2.05, 4.69) is 78.9 Å². The summed E-state index contributed by atoms with van der Waals surface area (Å²) in [5.74, 6) is 3.31. The van der Waals surface area contributed by atoms with Crippen LogP contribution in [0.2, 0.25) is 0 Å². The lowest BCUT2D eigenvalue weighted by molar-refractivity contribution is 1.07. The summed E-state index contributed by atoms with van der Waals surface area (Å²) < 4.78 is 2.20. The number of hydrogen-bond acceptors (Lipinski definition) is 8. The van der Waals surface area contributed by atoms with E-state index < -0.39 is 0 Å². The molecule has 0 saturated heterocycles. The van der Waals surface area contributed by atoms with Gasteiger partial charge in [0.1, 0.15) is 0 Å². The van der Waals surface area contributed by atoms with E-state index >= 15 is 0 Å². The van der Waals surface area contributed by atoms with Crippen molar-refractivity contribution >= 4 is 31.5 Å². The predicted octanol–water partition coefficient (Wildman–Crippen LogP) is 13.6. The van der Waals surface area contributed by atoms with Gasteiger partial charge in [-0.3, -0.25) is 0 Å². The lowest BCUT2D eigenvalue weighted by atomic mass is 9.97. The highest BCUT2D eigenvalue weighted by Gasteiger charge is 2.19. The molecule has 0 aliphatic heterocycles. The van der Waals surface area contributed by atoms with Gasteiger partial charge in [0.05, 0.1) is 11.6 Å². The van der Waals surface area contributed by atoms with Gasteiger partial charge < -0.3 is 0 Å². The van der Waals surface area contributed by atoms with Gasteiger partial charge in [-0.2, -0.15) is 5.26 Å². The van der Waals surface area contributed by atoms with E-state index in [1.165, 1.54) is 0 Å². The SMILES string of the molecule is N#Cc1ccc2c(c1)sc1cc(-c3cc(-c4nc(-c5ccccc5)nc(-c5ccccc5)n4)cc(-c4nc(-c5ccccc5)nc(-c5ccc(-c6ccccc6)cc5)n4)c3)ccc12. The Morgan fingerprint density at radius 3 is 1.08 bits per heavy atom. The molecule has 0 spiro atoms. The van der Waals surface area contributed by atoms with E-state index in [9.17, 15) is 5.26 Å². The molecular weight excluding hydrogens is 791 g/mol. The van der Waals surface area contributed by atoms with Crippen molar-refractivity contribution < 1.29 is 0 Å². The summed E-state index contributed by atoms with van der Waals surface area (Å²) in [6, 6.07) is 69.7. The molecular formula is C55H33N7S. The first kappa shape index (κ1) is 37.5. The van der Waals surface area contributed by atoms with Crippen molar-refractivity contribution in [1.29, 1.82) is 5.26 Å². The van der Waals surface area contributed by atoms with Crippen molar-refractivity contribution in [2.45, 2.75) is 0 Å². The predicted molar refractivity (Wildman–Crippen MR) is 254 cm³/mol.